The molecule has 4 aromatic rings. The minimum Gasteiger partial charge on any atom is -0.368 e. The zero-order chi connectivity index (χ0) is 26.6. The molecule has 4 heterocycles. The molecule has 1 aliphatic heterocycles. The van der Waals surface area contributed by atoms with E-state index in [2.05, 4.69) is 105 Å². The van der Waals surface area contributed by atoms with Gasteiger partial charge in [0, 0.05) is 71.3 Å². The van der Waals surface area contributed by atoms with E-state index < -0.39 is 0 Å². The standard InChI is InChI=1S/C31H37N7/c1-6-10-21(4)33-24(8-3)17-22(7-2)23-18-26-30(35-36-31(26)32-20-23)28-19-25-27(34-28)11-9-12-29(25)38-15-13-37(5)14-16-38/h7-9,11-12,17-20,33-34H,3-4,6,10,13-16H2,1-2,5H3,(H,32,35,36)/b22-7+,24-17+. The summed E-state index contributed by atoms with van der Waals surface area (Å²) >= 11 is 0. The van der Waals surface area contributed by atoms with Gasteiger partial charge in [0.2, 0.25) is 0 Å². The van der Waals surface area contributed by atoms with Crippen LogP contribution in [0.3, 0.4) is 0 Å². The second-order valence-corrected chi connectivity index (χ2v) is 9.93. The molecule has 5 rings (SSSR count). The first-order valence-corrected chi connectivity index (χ1v) is 13.4. The van der Waals surface area contributed by atoms with E-state index >= 15 is 0 Å². The molecule has 1 aromatic carbocycles. The monoisotopic (exact) mass is 507 g/mol. The zero-order valence-electron chi connectivity index (χ0n) is 22.6. The highest BCUT2D eigenvalue weighted by Gasteiger charge is 2.19. The average molecular weight is 508 g/mol. The van der Waals surface area contributed by atoms with Crippen molar-refractivity contribution >= 4 is 33.2 Å². The third-order valence-electron chi connectivity index (χ3n) is 7.21. The number of nitrogens with one attached hydrogen (secondary N) is 3. The summed E-state index contributed by atoms with van der Waals surface area (Å²) in [7, 11) is 2.19. The fourth-order valence-corrected chi connectivity index (χ4v) is 5.08. The maximum Gasteiger partial charge on any atom is 0.181 e. The zero-order valence-corrected chi connectivity index (χ0v) is 22.6. The first-order valence-electron chi connectivity index (χ1n) is 13.4. The SMILES string of the molecule is C=C/C(=C\C(=C/C)c1cnc2n[nH]c(-c3cc4c(N5CCN(C)CC5)cccc4[nH]3)c2c1)NC(=C)CCC. The lowest BCUT2D eigenvalue weighted by Gasteiger charge is -2.34. The molecule has 0 saturated carbocycles. The predicted octanol–water partition coefficient (Wildman–Crippen LogP) is 6.23. The van der Waals surface area contributed by atoms with Gasteiger partial charge in [-0.3, -0.25) is 5.10 Å². The van der Waals surface area contributed by atoms with Gasteiger partial charge in [-0.25, -0.2) is 4.98 Å². The van der Waals surface area contributed by atoms with Crippen LogP contribution in [-0.4, -0.2) is 58.3 Å². The molecule has 7 nitrogen and oxygen atoms in total. The Morgan fingerprint density at radius 3 is 2.71 bits per heavy atom. The van der Waals surface area contributed by atoms with Crippen molar-refractivity contribution < 1.29 is 0 Å². The molecule has 0 amide bonds. The van der Waals surface area contributed by atoms with Crippen LogP contribution >= 0.6 is 0 Å². The number of pyridine rings is 1. The molecule has 0 spiro atoms. The van der Waals surface area contributed by atoms with E-state index in [1.807, 2.05) is 19.2 Å². The Morgan fingerprint density at radius 2 is 1.97 bits per heavy atom. The first kappa shape index (κ1) is 25.5. The van der Waals surface area contributed by atoms with Crippen molar-refractivity contribution in [2.75, 3.05) is 38.1 Å². The summed E-state index contributed by atoms with van der Waals surface area (Å²) in [6.07, 6.45) is 9.83. The lowest BCUT2D eigenvalue weighted by Crippen LogP contribution is -2.44. The van der Waals surface area contributed by atoms with Crippen LogP contribution in [0.25, 0.3) is 38.9 Å². The van der Waals surface area contributed by atoms with Gasteiger partial charge in [0.15, 0.2) is 5.65 Å². The lowest BCUT2D eigenvalue weighted by atomic mass is 10.0. The number of benzene rings is 1. The Hall–Kier alpha value is -4.10. The van der Waals surface area contributed by atoms with Gasteiger partial charge in [0.1, 0.15) is 0 Å². The summed E-state index contributed by atoms with van der Waals surface area (Å²) in [6, 6.07) is 10.9. The lowest BCUT2D eigenvalue weighted by molar-refractivity contribution is 0.313. The van der Waals surface area contributed by atoms with Gasteiger partial charge < -0.3 is 20.1 Å². The molecule has 38 heavy (non-hydrogen) atoms. The molecule has 0 radical (unpaired) electrons. The minimum atomic E-state index is 0.694. The molecule has 3 N–H and O–H groups in total. The fourth-order valence-electron chi connectivity index (χ4n) is 5.08. The van der Waals surface area contributed by atoms with E-state index in [0.717, 1.165) is 83.8 Å². The minimum absolute atomic E-state index is 0.694. The van der Waals surface area contributed by atoms with E-state index in [0.29, 0.717) is 5.65 Å². The number of likely N-dealkylation sites (N-methyl/N-ethyl adjacent to an activating group) is 1. The van der Waals surface area contributed by atoms with Crippen molar-refractivity contribution in [2.24, 2.45) is 0 Å². The third kappa shape index (κ3) is 5.15. The number of aromatic nitrogens is 4. The molecule has 7 heteroatoms. The number of aromatic amines is 2. The van der Waals surface area contributed by atoms with Crippen LogP contribution in [0.2, 0.25) is 0 Å². The molecule has 0 atom stereocenters. The number of nitrogens with zero attached hydrogens (tertiary/aromatic N) is 4. The number of rotatable bonds is 9. The van der Waals surface area contributed by atoms with Crippen LogP contribution in [-0.2, 0) is 0 Å². The Labute approximate surface area is 224 Å². The smallest absolute Gasteiger partial charge is 0.181 e. The van der Waals surface area contributed by atoms with Crippen molar-refractivity contribution in [3.63, 3.8) is 0 Å². The van der Waals surface area contributed by atoms with Gasteiger partial charge in [0.05, 0.1) is 11.4 Å². The molecule has 0 bridgehead atoms. The molecule has 1 fully saturated rings. The maximum atomic E-state index is 4.67. The van der Waals surface area contributed by atoms with Crippen LogP contribution in [0.15, 0.2) is 79.3 Å². The number of allylic oxidation sites excluding steroid dienone is 5. The Bertz CT molecular complexity index is 1530. The first-order chi connectivity index (χ1) is 18.5. The van der Waals surface area contributed by atoms with Crippen molar-refractivity contribution in [3.8, 4) is 11.4 Å². The predicted molar refractivity (Wildman–Crippen MR) is 160 cm³/mol. The molecular formula is C31H37N7. The van der Waals surface area contributed by atoms with Gasteiger partial charge in [-0.05, 0) is 62.4 Å². The van der Waals surface area contributed by atoms with Gasteiger partial charge in [-0.2, -0.15) is 5.10 Å². The number of piperazine rings is 1. The van der Waals surface area contributed by atoms with Crippen LogP contribution in [0.4, 0.5) is 5.69 Å². The number of fused-ring (bicyclic) bond motifs is 2. The average Bonchev–Trinajstić information content (AvgIpc) is 3.55. The Kier molecular flexibility index (Phi) is 7.47. The van der Waals surface area contributed by atoms with Gasteiger partial charge >= 0.3 is 0 Å². The van der Waals surface area contributed by atoms with Crippen molar-refractivity contribution in [1.29, 1.82) is 0 Å². The van der Waals surface area contributed by atoms with Crippen LogP contribution in [0, 0.1) is 0 Å². The number of H-pyrrole nitrogens is 2. The highest BCUT2D eigenvalue weighted by atomic mass is 15.2. The fraction of sp³-hybridized carbons (Fsp3) is 0.290. The second-order valence-electron chi connectivity index (χ2n) is 9.93. The van der Waals surface area contributed by atoms with E-state index in [-0.39, 0.29) is 0 Å². The number of hydrogen-bond donors (Lipinski definition) is 3. The second kappa shape index (κ2) is 11.1. The molecule has 1 saturated heterocycles. The quantitative estimate of drug-likeness (QED) is 0.234. The molecule has 0 unspecified atom stereocenters. The summed E-state index contributed by atoms with van der Waals surface area (Å²) in [5, 5.41) is 13.3. The number of hydrogen-bond acceptors (Lipinski definition) is 5. The summed E-state index contributed by atoms with van der Waals surface area (Å²) < 4.78 is 0. The van der Waals surface area contributed by atoms with Gasteiger partial charge in [0.25, 0.3) is 0 Å². The van der Waals surface area contributed by atoms with Gasteiger partial charge in [-0.1, -0.05) is 38.6 Å². The highest BCUT2D eigenvalue weighted by molar-refractivity contribution is 6.00. The summed E-state index contributed by atoms with van der Waals surface area (Å²) in [6.45, 7) is 16.5. The Balaban J connectivity index is 1.50. The topological polar surface area (TPSA) is 75.9 Å². The van der Waals surface area contributed by atoms with Crippen molar-refractivity contribution in [3.05, 3.63) is 84.9 Å². The summed E-state index contributed by atoms with van der Waals surface area (Å²) in [4.78, 5) is 13.2. The van der Waals surface area contributed by atoms with Crippen LogP contribution in [0.5, 0.6) is 0 Å². The molecule has 3 aromatic heterocycles. The van der Waals surface area contributed by atoms with Gasteiger partial charge in [-0.15, -0.1) is 0 Å². The molecule has 0 aliphatic carbocycles. The van der Waals surface area contributed by atoms with Crippen molar-refractivity contribution in [2.45, 2.75) is 26.7 Å². The maximum absolute atomic E-state index is 4.67. The van der Waals surface area contributed by atoms with E-state index in [1.54, 1.807) is 0 Å². The highest BCUT2D eigenvalue weighted by Crippen LogP contribution is 2.34. The Morgan fingerprint density at radius 1 is 1.16 bits per heavy atom. The van der Waals surface area contributed by atoms with Crippen molar-refractivity contribution in [1.82, 2.24) is 30.4 Å². The summed E-state index contributed by atoms with van der Waals surface area (Å²) in [5.41, 5.74) is 8.99. The van der Waals surface area contributed by atoms with Crippen LogP contribution in [0.1, 0.15) is 32.3 Å². The van der Waals surface area contributed by atoms with E-state index in [1.165, 1.54) is 11.1 Å². The third-order valence-corrected chi connectivity index (χ3v) is 7.21. The molecular weight excluding hydrogens is 470 g/mol. The van der Waals surface area contributed by atoms with Crippen LogP contribution < -0.4 is 10.2 Å². The number of anilines is 1. The largest absolute Gasteiger partial charge is 0.368 e. The normalized spacial score (nSPS) is 15.4. The summed E-state index contributed by atoms with van der Waals surface area (Å²) in [5.74, 6) is 0. The molecule has 196 valence electrons. The molecule has 1 aliphatic rings. The van der Waals surface area contributed by atoms with E-state index in [4.69, 9.17) is 0 Å². The van der Waals surface area contributed by atoms with E-state index in [9.17, 15) is 0 Å².